The molecule has 10 heavy (non-hydrogen) atoms. The monoisotopic (exact) mass is 137 g/mol. The predicted octanol–water partition coefficient (Wildman–Crippen LogP) is 2.89. The summed E-state index contributed by atoms with van der Waals surface area (Å²) in [5.74, 6) is 0.678. The normalized spacial score (nSPS) is 12.0. The van der Waals surface area contributed by atoms with E-state index in [9.17, 15) is 0 Å². The molecule has 0 amide bonds. The molecular weight excluding hydrogens is 122 g/mol. The Morgan fingerprint density at radius 1 is 1.60 bits per heavy atom. The molecule has 1 heteroatoms. The van der Waals surface area contributed by atoms with Crippen molar-refractivity contribution in [1.82, 2.24) is 0 Å². The number of nitriles is 1. The Morgan fingerprint density at radius 3 is 2.80 bits per heavy atom. The minimum atomic E-state index is 0.678. The Balaban J connectivity index is 3.17. The van der Waals surface area contributed by atoms with Crippen molar-refractivity contribution in [3.8, 4) is 6.07 Å². The lowest BCUT2D eigenvalue weighted by atomic mass is 10.0. The number of hydrogen-bond donors (Lipinski definition) is 0. The van der Waals surface area contributed by atoms with Crippen LogP contribution in [0.5, 0.6) is 0 Å². The van der Waals surface area contributed by atoms with Crippen LogP contribution >= 0.6 is 0 Å². The summed E-state index contributed by atoms with van der Waals surface area (Å²) in [6, 6.07) is 2.15. The maximum atomic E-state index is 8.27. The largest absolute Gasteiger partial charge is 0.198 e. The maximum absolute atomic E-state index is 8.27. The van der Waals surface area contributed by atoms with Crippen LogP contribution < -0.4 is 0 Å². The summed E-state index contributed by atoms with van der Waals surface area (Å²) in [6.45, 7) is 5.83. The molecule has 0 heterocycles. The third-order valence-electron chi connectivity index (χ3n) is 1.61. The zero-order valence-electron chi connectivity index (χ0n) is 6.64. The van der Waals surface area contributed by atoms with E-state index in [0.29, 0.717) is 12.3 Å². The van der Waals surface area contributed by atoms with Crippen molar-refractivity contribution in [2.45, 2.75) is 32.6 Å². The van der Waals surface area contributed by atoms with Gasteiger partial charge in [0.1, 0.15) is 0 Å². The number of rotatable bonds is 5. The van der Waals surface area contributed by atoms with E-state index in [-0.39, 0.29) is 0 Å². The van der Waals surface area contributed by atoms with Crippen molar-refractivity contribution in [2.75, 3.05) is 0 Å². The number of nitrogens with zero attached hydrogens (tertiary/aromatic N) is 1. The third-order valence-corrected chi connectivity index (χ3v) is 1.61. The molecule has 0 N–H and O–H groups in total. The molecule has 56 valence electrons. The SMILES string of the molecule is C=CCC[C@H](C)CCC#N. The van der Waals surface area contributed by atoms with E-state index in [1.54, 1.807) is 0 Å². The summed E-state index contributed by atoms with van der Waals surface area (Å²) < 4.78 is 0. The summed E-state index contributed by atoms with van der Waals surface area (Å²) in [5.41, 5.74) is 0. The number of hydrogen-bond acceptors (Lipinski definition) is 1. The van der Waals surface area contributed by atoms with Gasteiger partial charge in [-0.2, -0.15) is 5.26 Å². The van der Waals surface area contributed by atoms with E-state index in [1.807, 2.05) is 6.08 Å². The van der Waals surface area contributed by atoms with Crippen LogP contribution in [-0.4, -0.2) is 0 Å². The van der Waals surface area contributed by atoms with Crippen molar-refractivity contribution in [2.24, 2.45) is 5.92 Å². The van der Waals surface area contributed by atoms with Gasteiger partial charge in [0, 0.05) is 6.42 Å². The first-order chi connectivity index (χ1) is 4.81. The van der Waals surface area contributed by atoms with E-state index in [4.69, 9.17) is 5.26 Å². The zero-order chi connectivity index (χ0) is 7.82. The van der Waals surface area contributed by atoms with E-state index >= 15 is 0 Å². The fourth-order valence-corrected chi connectivity index (χ4v) is 0.858. The molecule has 0 unspecified atom stereocenters. The summed E-state index contributed by atoms with van der Waals surface area (Å²) in [6.07, 6.45) is 5.91. The second kappa shape index (κ2) is 6.35. The van der Waals surface area contributed by atoms with Crippen LogP contribution in [0.4, 0.5) is 0 Å². The van der Waals surface area contributed by atoms with Crippen LogP contribution in [0.3, 0.4) is 0 Å². The molecule has 1 nitrogen and oxygen atoms in total. The van der Waals surface area contributed by atoms with E-state index < -0.39 is 0 Å². The molecule has 0 radical (unpaired) electrons. The van der Waals surface area contributed by atoms with Crippen molar-refractivity contribution in [1.29, 1.82) is 5.26 Å². The van der Waals surface area contributed by atoms with Gasteiger partial charge in [-0.3, -0.25) is 0 Å². The molecule has 0 aromatic heterocycles. The molecule has 0 saturated carbocycles. The quantitative estimate of drug-likeness (QED) is 0.534. The van der Waals surface area contributed by atoms with E-state index in [2.05, 4.69) is 19.6 Å². The first kappa shape index (κ1) is 9.23. The van der Waals surface area contributed by atoms with Crippen LogP contribution in [0, 0.1) is 17.2 Å². The van der Waals surface area contributed by atoms with Crippen molar-refractivity contribution < 1.29 is 0 Å². The fourth-order valence-electron chi connectivity index (χ4n) is 0.858. The summed E-state index contributed by atoms with van der Waals surface area (Å²) >= 11 is 0. The van der Waals surface area contributed by atoms with Gasteiger partial charge < -0.3 is 0 Å². The topological polar surface area (TPSA) is 23.8 Å². The van der Waals surface area contributed by atoms with Gasteiger partial charge in [0.2, 0.25) is 0 Å². The molecule has 0 fully saturated rings. The predicted molar refractivity (Wildman–Crippen MR) is 43.4 cm³/mol. The molecule has 0 aliphatic rings. The Labute approximate surface area is 63.4 Å². The Bertz CT molecular complexity index is 121. The Hall–Kier alpha value is -0.770. The van der Waals surface area contributed by atoms with Gasteiger partial charge in [-0.1, -0.05) is 13.0 Å². The number of allylic oxidation sites excluding steroid dienone is 1. The first-order valence-electron chi connectivity index (χ1n) is 3.79. The molecule has 1 atom stereocenters. The van der Waals surface area contributed by atoms with E-state index in [0.717, 1.165) is 12.8 Å². The average molecular weight is 137 g/mol. The van der Waals surface area contributed by atoms with Crippen molar-refractivity contribution in [3.63, 3.8) is 0 Å². The van der Waals surface area contributed by atoms with E-state index in [1.165, 1.54) is 6.42 Å². The van der Waals surface area contributed by atoms with Crippen molar-refractivity contribution >= 4 is 0 Å². The summed E-state index contributed by atoms with van der Waals surface area (Å²) in [4.78, 5) is 0. The lowest BCUT2D eigenvalue weighted by Gasteiger charge is -2.05. The molecule has 0 saturated heterocycles. The van der Waals surface area contributed by atoms with Crippen LogP contribution in [0.15, 0.2) is 12.7 Å². The molecular formula is C9H15N. The average Bonchev–Trinajstić information content (AvgIpc) is 1.97. The highest BCUT2D eigenvalue weighted by Gasteiger charge is 1.98. The zero-order valence-corrected chi connectivity index (χ0v) is 6.64. The lowest BCUT2D eigenvalue weighted by molar-refractivity contribution is 0.504. The second-order valence-corrected chi connectivity index (χ2v) is 2.67. The standard InChI is InChI=1S/C9H15N/c1-3-4-6-9(2)7-5-8-10/h3,9H,1,4-7H2,2H3/t9-/m0/s1. The van der Waals surface area contributed by atoms with Gasteiger partial charge in [-0.15, -0.1) is 6.58 Å². The lowest BCUT2D eigenvalue weighted by Crippen LogP contribution is -1.92. The van der Waals surface area contributed by atoms with Crippen LogP contribution in [-0.2, 0) is 0 Å². The molecule has 0 spiro atoms. The second-order valence-electron chi connectivity index (χ2n) is 2.67. The van der Waals surface area contributed by atoms with Gasteiger partial charge in [0.25, 0.3) is 0 Å². The van der Waals surface area contributed by atoms with Gasteiger partial charge >= 0.3 is 0 Å². The molecule has 0 rings (SSSR count). The summed E-state index contributed by atoms with van der Waals surface area (Å²) in [7, 11) is 0. The van der Waals surface area contributed by atoms with Crippen LogP contribution in [0.2, 0.25) is 0 Å². The maximum Gasteiger partial charge on any atom is 0.0621 e. The van der Waals surface area contributed by atoms with Gasteiger partial charge in [-0.05, 0) is 25.2 Å². The smallest absolute Gasteiger partial charge is 0.0621 e. The highest BCUT2D eigenvalue weighted by molar-refractivity contribution is 4.73. The molecule has 0 bridgehead atoms. The van der Waals surface area contributed by atoms with Gasteiger partial charge in [-0.25, -0.2) is 0 Å². The molecule has 0 aliphatic heterocycles. The molecule has 0 aliphatic carbocycles. The Morgan fingerprint density at radius 2 is 2.30 bits per heavy atom. The van der Waals surface area contributed by atoms with Crippen LogP contribution in [0.1, 0.15) is 32.6 Å². The van der Waals surface area contributed by atoms with Crippen LogP contribution in [0.25, 0.3) is 0 Å². The highest BCUT2D eigenvalue weighted by Crippen LogP contribution is 2.11. The highest BCUT2D eigenvalue weighted by atomic mass is 14.2. The minimum Gasteiger partial charge on any atom is -0.198 e. The third kappa shape index (κ3) is 5.37. The van der Waals surface area contributed by atoms with Gasteiger partial charge in [0.05, 0.1) is 6.07 Å². The molecule has 0 aromatic carbocycles. The van der Waals surface area contributed by atoms with Gasteiger partial charge in [0.15, 0.2) is 0 Å². The molecule has 0 aromatic rings. The summed E-state index contributed by atoms with van der Waals surface area (Å²) in [5, 5.41) is 8.27. The fraction of sp³-hybridized carbons (Fsp3) is 0.667. The Kier molecular flexibility index (Phi) is 5.86. The van der Waals surface area contributed by atoms with Crippen molar-refractivity contribution in [3.05, 3.63) is 12.7 Å². The first-order valence-corrected chi connectivity index (χ1v) is 3.79. The minimum absolute atomic E-state index is 0.678.